The second kappa shape index (κ2) is 2.11. The summed E-state index contributed by atoms with van der Waals surface area (Å²) in [7, 11) is 0. The summed E-state index contributed by atoms with van der Waals surface area (Å²) in [5, 5.41) is 16.8. The number of carboxylic acid groups (broad SMARTS) is 1. The summed E-state index contributed by atoms with van der Waals surface area (Å²) in [5.74, 6) is -1.29. The van der Waals surface area contributed by atoms with Gasteiger partial charge < -0.3 is 15.9 Å². The number of rotatable bonds is 2. The molecule has 0 amide bonds. The van der Waals surface area contributed by atoms with Crippen LogP contribution >= 0.6 is 0 Å². The van der Waals surface area contributed by atoms with Crippen LogP contribution in [0.4, 0.5) is 0 Å². The molecule has 0 heterocycles. The van der Waals surface area contributed by atoms with E-state index in [0.29, 0.717) is 0 Å². The van der Waals surface area contributed by atoms with E-state index in [9.17, 15) is 4.79 Å². The molecule has 8 heavy (non-hydrogen) atoms. The molecule has 4 nitrogen and oxygen atoms in total. The summed E-state index contributed by atoms with van der Waals surface area (Å²) in [5.41, 5.74) is 3.11. The van der Waals surface area contributed by atoms with E-state index in [1.165, 1.54) is 0 Å². The minimum Gasteiger partial charge on any atom is -0.479 e. The van der Waals surface area contributed by atoms with Crippen LogP contribution in [0, 0.1) is 0 Å². The molecule has 1 unspecified atom stereocenters. The van der Waals surface area contributed by atoms with Crippen molar-refractivity contribution in [1.82, 2.24) is 0 Å². The molecular weight excluding hydrogens is 110 g/mol. The molecule has 0 rings (SSSR count). The molecule has 4 N–H and O–H groups in total. The first-order chi connectivity index (χ1) is 3.50. The van der Waals surface area contributed by atoms with E-state index in [1.54, 1.807) is 0 Å². The molecule has 48 valence electrons. The standard InChI is InChI=1S/C4H9NO3/c1-4(8,2-5)3(6)7/h8H,2,5H2,1H3,(H,6,7). The van der Waals surface area contributed by atoms with Gasteiger partial charge in [0.2, 0.25) is 0 Å². The van der Waals surface area contributed by atoms with E-state index >= 15 is 0 Å². The number of hydrogen-bond acceptors (Lipinski definition) is 3. The van der Waals surface area contributed by atoms with Crippen LogP contribution in [-0.2, 0) is 4.79 Å². The first-order valence-electron chi connectivity index (χ1n) is 2.16. The largest absolute Gasteiger partial charge is 0.479 e. The maximum atomic E-state index is 9.92. The minimum atomic E-state index is -1.76. The molecule has 0 radical (unpaired) electrons. The Hall–Kier alpha value is -0.610. The summed E-state index contributed by atoms with van der Waals surface area (Å²) in [4.78, 5) is 9.92. The quantitative estimate of drug-likeness (QED) is 0.425. The number of nitrogens with two attached hydrogens (primary N) is 1. The van der Waals surface area contributed by atoms with E-state index < -0.39 is 11.6 Å². The van der Waals surface area contributed by atoms with Gasteiger partial charge in [-0.1, -0.05) is 0 Å². The van der Waals surface area contributed by atoms with Crippen LogP contribution in [0.25, 0.3) is 0 Å². The van der Waals surface area contributed by atoms with Crippen molar-refractivity contribution in [2.45, 2.75) is 12.5 Å². The van der Waals surface area contributed by atoms with Crippen LogP contribution in [0.2, 0.25) is 0 Å². The SMILES string of the molecule is CC(O)(CN)C(=O)O. The lowest BCUT2D eigenvalue weighted by atomic mass is 10.1. The molecule has 0 aliphatic heterocycles. The Morgan fingerprint density at radius 1 is 1.88 bits per heavy atom. The molecule has 4 heteroatoms. The zero-order valence-corrected chi connectivity index (χ0v) is 4.59. The van der Waals surface area contributed by atoms with Gasteiger partial charge >= 0.3 is 5.97 Å². The van der Waals surface area contributed by atoms with Gasteiger partial charge in [-0.25, -0.2) is 4.79 Å². The zero-order valence-electron chi connectivity index (χ0n) is 4.59. The molecule has 0 aromatic heterocycles. The number of carbonyl (C=O) groups is 1. The van der Waals surface area contributed by atoms with E-state index in [4.69, 9.17) is 15.9 Å². The van der Waals surface area contributed by atoms with Gasteiger partial charge in [0, 0.05) is 6.54 Å². The lowest BCUT2D eigenvalue weighted by Gasteiger charge is -2.13. The van der Waals surface area contributed by atoms with Crippen molar-refractivity contribution >= 4 is 5.97 Å². The average Bonchev–Trinajstić information content (AvgIpc) is 1.67. The summed E-state index contributed by atoms with van der Waals surface area (Å²) < 4.78 is 0. The summed E-state index contributed by atoms with van der Waals surface area (Å²) in [6.07, 6.45) is 0. The third kappa shape index (κ3) is 1.48. The maximum Gasteiger partial charge on any atom is 0.336 e. The number of aliphatic hydroxyl groups is 1. The fourth-order valence-corrected chi connectivity index (χ4v) is 0.0873. The fourth-order valence-electron chi connectivity index (χ4n) is 0.0873. The van der Waals surface area contributed by atoms with Crippen LogP contribution in [-0.4, -0.2) is 28.3 Å². The summed E-state index contributed by atoms with van der Waals surface area (Å²) in [6, 6.07) is 0. The number of hydrogen-bond donors (Lipinski definition) is 3. The Balaban J connectivity index is 3.91. The van der Waals surface area contributed by atoms with Gasteiger partial charge in [0.15, 0.2) is 5.60 Å². The van der Waals surface area contributed by atoms with E-state index in [0.717, 1.165) is 6.92 Å². The molecule has 0 aromatic carbocycles. The average molecular weight is 119 g/mol. The van der Waals surface area contributed by atoms with Gasteiger partial charge in [0.05, 0.1) is 0 Å². The normalized spacial score (nSPS) is 17.4. The highest BCUT2D eigenvalue weighted by Crippen LogP contribution is 1.97. The smallest absolute Gasteiger partial charge is 0.336 e. The lowest BCUT2D eigenvalue weighted by molar-refractivity contribution is -0.155. The Morgan fingerprint density at radius 3 is 2.25 bits per heavy atom. The Bertz CT molecular complexity index is 99.5. The molecule has 1 atom stereocenters. The Morgan fingerprint density at radius 2 is 2.25 bits per heavy atom. The highest BCUT2D eigenvalue weighted by molar-refractivity contribution is 5.76. The summed E-state index contributed by atoms with van der Waals surface area (Å²) >= 11 is 0. The first kappa shape index (κ1) is 7.39. The molecule has 0 aliphatic rings. The van der Waals surface area contributed by atoms with Gasteiger partial charge in [0.25, 0.3) is 0 Å². The minimum absolute atomic E-state index is 0.262. The summed E-state index contributed by atoms with van der Waals surface area (Å²) in [6.45, 7) is 0.887. The van der Waals surface area contributed by atoms with Crippen molar-refractivity contribution in [3.05, 3.63) is 0 Å². The second-order valence-corrected chi connectivity index (χ2v) is 1.78. The van der Waals surface area contributed by atoms with Crippen LogP contribution in [0.15, 0.2) is 0 Å². The maximum absolute atomic E-state index is 9.92. The van der Waals surface area contributed by atoms with Crippen molar-refractivity contribution in [2.24, 2.45) is 5.73 Å². The third-order valence-electron chi connectivity index (χ3n) is 0.858. The predicted octanol–water partition coefficient (Wildman–Crippen LogP) is -1.22. The van der Waals surface area contributed by atoms with Crippen molar-refractivity contribution < 1.29 is 15.0 Å². The molecular formula is C4H9NO3. The molecule has 0 saturated heterocycles. The Kier molecular flexibility index (Phi) is 1.94. The third-order valence-corrected chi connectivity index (χ3v) is 0.858. The lowest BCUT2D eigenvalue weighted by Crippen LogP contribution is -2.42. The van der Waals surface area contributed by atoms with Gasteiger partial charge in [-0.3, -0.25) is 0 Å². The topological polar surface area (TPSA) is 83.5 Å². The van der Waals surface area contributed by atoms with E-state index in [-0.39, 0.29) is 6.54 Å². The molecule has 0 bridgehead atoms. The monoisotopic (exact) mass is 119 g/mol. The predicted molar refractivity (Wildman–Crippen MR) is 27.3 cm³/mol. The number of carboxylic acids is 1. The molecule has 0 saturated carbocycles. The fraction of sp³-hybridized carbons (Fsp3) is 0.750. The van der Waals surface area contributed by atoms with E-state index in [2.05, 4.69) is 0 Å². The highest BCUT2D eigenvalue weighted by atomic mass is 16.4. The Labute approximate surface area is 46.9 Å². The molecule has 0 spiro atoms. The van der Waals surface area contributed by atoms with Crippen molar-refractivity contribution in [1.29, 1.82) is 0 Å². The van der Waals surface area contributed by atoms with Gasteiger partial charge in [-0.2, -0.15) is 0 Å². The van der Waals surface area contributed by atoms with Crippen LogP contribution in [0.5, 0.6) is 0 Å². The number of aliphatic carboxylic acids is 1. The molecule has 0 aliphatic carbocycles. The highest BCUT2D eigenvalue weighted by Gasteiger charge is 2.27. The van der Waals surface area contributed by atoms with Crippen molar-refractivity contribution in [3.63, 3.8) is 0 Å². The van der Waals surface area contributed by atoms with Crippen molar-refractivity contribution in [2.75, 3.05) is 6.54 Å². The zero-order chi connectivity index (χ0) is 6.78. The van der Waals surface area contributed by atoms with Crippen LogP contribution in [0.3, 0.4) is 0 Å². The van der Waals surface area contributed by atoms with Crippen molar-refractivity contribution in [3.8, 4) is 0 Å². The van der Waals surface area contributed by atoms with Gasteiger partial charge in [0.1, 0.15) is 0 Å². The van der Waals surface area contributed by atoms with Crippen LogP contribution < -0.4 is 5.73 Å². The van der Waals surface area contributed by atoms with Crippen LogP contribution in [0.1, 0.15) is 6.92 Å². The van der Waals surface area contributed by atoms with Gasteiger partial charge in [-0.05, 0) is 6.92 Å². The molecule has 0 aromatic rings. The van der Waals surface area contributed by atoms with E-state index in [1.807, 2.05) is 0 Å². The first-order valence-corrected chi connectivity index (χ1v) is 2.16. The second-order valence-electron chi connectivity index (χ2n) is 1.78. The van der Waals surface area contributed by atoms with Gasteiger partial charge in [-0.15, -0.1) is 0 Å². The molecule has 0 fully saturated rings.